The van der Waals surface area contributed by atoms with Crippen LogP contribution in [-0.2, 0) is 5.41 Å². The monoisotopic (exact) mass is 745 g/mol. The first-order valence-corrected chi connectivity index (χ1v) is 20.2. The molecule has 1 spiro atoms. The van der Waals surface area contributed by atoms with Gasteiger partial charge in [-0.15, -0.1) is 11.3 Å². The topological polar surface area (TPSA) is 3.24 Å². The third kappa shape index (κ3) is 4.62. The Bertz CT molecular complexity index is 3350. The van der Waals surface area contributed by atoms with Crippen LogP contribution in [0.15, 0.2) is 212 Å². The second kappa shape index (κ2) is 12.5. The van der Waals surface area contributed by atoms with Crippen molar-refractivity contribution in [3.8, 4) is 44.5 Å². The predicted molar refractivity (Wildman–Crippen MR) is 241 cm³/mol. The molecule has 57 heavy (non-hydrogen) atoms. The fraction of sp³-hybridized carbons (Fsp3) is 0.0182. The van der Waals surface area contributed by atoms with Gasteiger partial charge in [0.15, 0.2) is 0 Å². The van der Waals surface area contributed by atoms with E-state index in [2.05, 4.69) is 158 Å². The number of hydrogen-bond donors (Lipinski definition) is 0. The van der Waals surface area contributed by atoms with E-state index >= 15 is 0 Å². The van der Waals surface area contributed by atoms with Crippen molar-refractivity contribution in [2.45, 2.75) is 5.41 Å². The van der Waals surface area contributed by atoms with E-state index in [9.17, 15) is 5.48 Å². The minimum absolute atomic E-state index is 0.0802. The Balaban J connectivity index is 1.13. The summed E-state index contributed by atoms with van der Waals surface area (Å²) >= 11 is 1.80. The summed E-state index contributed by atoms with van der Waals surface area (Å²) in [6.45, 7) is 0. The zero-order valence-corrected chi connectivity index (χ0v) is 31.6. The number of thiophene rings is 1. The molecule has 10 aromatic rings. The lowest BCUT2D eigenvalue weighted by Crippen LogP contribution is -2.26. The summed E-state index contributed by atoms with van der Waals surface area (Å²) in [5.74, 6) is 0. The van der Waals surface area contributed by atoms with Crippen molar-refractivity contribution in [2.24, 2.45) is 0 Å². The zero-order valence-electron chi connectivity index (χ0n) is 34.8. The lowest BCUT2D eigenvalue weighted by molar-refractivity contribution is 0.794. The van der Waals surface area contributed by atoms with Gasteiger partial charge in [-0.3, -0.25) is 0 Å². The van der Waals surface area contributed by atoms with E-state index in [0.717, 1.165) is 39.2 Å². The summed E-state index contributed by atoms with van der Waals surface area (Å²) in [6.07, 6.45) is 0. The van der Waals surface area contributed by atoms with Gasteiger partial charge in [-0.1, -0.05) is 176 Å². The first kappa shape index (κ1) is 28.4. The van der Waals surface area contributed by atoms with Crippen LogP contribution in [0.25, 0.3) is 64.7 Å². The molecule has 2 aliphatic carbocycles. The van der Waals surface area contributed by atoms with Crippen LogP contribution in [0.4, 0.5) is 17.1 Å². The average Bonchev–Trinajstić information content (AvgIpc) is 3.95. The maximum Gasteiger partial charge on any atom is 0.0726 e. The molecule has 0 bridgehead atoms. The molecule has 1 heterocycles. The van der Waals surface area contributed by atoms with Crippen molar-refractivity contribution in [1.82, 2.24) is 0 Å². The summed E-state index contributed by atoms with van der Waals surface area (Å²) in [7, 11) is 0. The van der Waals surface area contributed by atoms with Gasteiger partial charge in [0.2, 0.25) is 0 Å². The number of rotatable bonds is 5. The minimum atomic E-state index is -0.598. The normalized spacial score (nSPS) is 14.0. The Morgan fingerprint density at radius 3 is 1.68 bits per heavy atom. The van der Waals surface area contributed by atoms with Crippen LogP contribution in [0.5, 0.6) is 0 Å². The molecule has 0 aliphatic heterocycles. The smallest absolute Gasteiger partial charge is 0.0726 e. The second-order valence-electron chi connectivity index (χ2n) is 14.8. The number of fused-ring (bicyclic) bond motifs is 13. The van der Waals surface area contributed by atoms with E-state index in [1.165, 1.54) is 48.0 Å². The highest BCUT2D eigenvalue weighted by atomic mass is 32.1. The molecule has 0 fully saturated rings. The second-order valence-corrected chi connectivity index (χ2v) is 15.9. The minimum Gasteiger partial charge on any atom is -0.310 e. The van der Waals surface area contributed by atoms with E-state index in [1.807, 2.05) is 35.2 Å². The van der Waals surface area contributed by atoms with Crippen LogP contribution in [0.3, 0.4) is 0 Å². The molecule has 0 radical (unpaired) electrons. The van der Waals surface area contributed by atoms with Crippen molar-refractivity contribution in [3.63, 3.8) is 0 Å². The fourth-order valence-electron chi connectivity index (χ4n) is 9.63. The molecule has 9 aromatic carbocycles. The highest BCUT2D eigenvalue weighted by molar-refractivity contribution is 7.26. The van der Waals surface area contributed by atoms with Crippen molar-refractivity contribution >= 4 is 48.6 Å². The molecule has 2 heteroatoms. The van der Waals surface area contributed by atoms with Gasteiger partial charge in [0, 0.05) is 37.1 Å². The molecule has 0 saturated heterocycles. The zero-order chi connectivity index (χ0) is 41.0. The van der Waals surface area contributed by atoms with E-state index in [4.69, 9.17) is 0 Å². The molecule has 0 N–H and O–H groups in total. The molecule has 0 atom stereocenters. The SMILES string of the molecule is [2H]c1c([2H])c(N(c2ccc(-c3cccc4c3sc3ccccc34)cc2)c2cccc3c2-c2ccccc2C32c3ccccc3-c3ccccc32)c([2H])c([2H])c1-c1ccccc1. The van der Waals surface area contributed by atoms with Crippen LogP contribution >= 0.6 is 11.3 Å². The Morgan fingerprint density at radius 1 is 0.386 bits per heavy atom. The van der Waals surface area contributed by atoms with Gasteiger partial charge in [-0.25, -0.2) is 0 Å². The van der Waals surface area contributed by atoms with Gasteiger partial charge in [-0.2, -0.15) is 0 Å². The molecule has 1 aromatic heterocycles. The van der Waals surface area contributed by atoms with Gasteiger partial charge < -0.3 is 4.90 Å². The number of nitrogens with zero attached hydrogens (tertiary/aromatic N) is 1. The summed E-state index contributed by atoms with van der Waals surface area (Å²) in [6, 6.07) is 64.8. The Morgan fingerprint density at radius 2 is 0.947 bits per heavy atom. The Labute approximate surface area is 342 Å². The molecular formula is C55H35NS. The van der Waals surface area contributed by atoms with Crippen molar-refractivity contribution < 1.29 is 5.48 Å². The molecule has 0 amide bonds. The first-order chi connectivity index (χ1) is 30.0. The highest BCUT2D eigenvalue weighted by Gasteiger charge is 2.52. The number of benzene rings is 9. The van der Waals surface area contributed by atoms with Crippen molar-refractivity contribution in [2.75, 3.05) is 4.90 Å². The Hall–Kier alpha value is -7.00. The average molecular weight is 746 g/mol. The number of hydrogen-bond acceptors (Lipinski definition) is 2. The maximum absolute atomic E-state index is 9.74. The van der Waals surface area contributed by atoms with Gasteiger partial charge >= 0.3 is 0 Å². The van der Waals surface area contributed by atoms with Crippen LogP contribution in [0.1, 0.15) is 27.7 Å². The summed E-state index contributed by atoms with van der Waals surface area (Å²) < 4.78 is 40.8. The van der Waals surface area contributed by atoms with Gasteiger partial charge in [-0.05, 0) is 97.5 Å². The Kier molecular flexibility index (Phi) is 6.24. The molecule has 1 nitrogen and oxygen atoms in total. The van der Waals surface area contributed by atoms with Crippen LogP contribution in [-0.4, -0.2) is 0 Å². The maximum atomic E-state index is 9.74. The third-order valence-corrected chi connectivity index (χ3v) is 13.2. The largest absolute Gasteiger partial charge is 0.310 e. The van der Waals surface area contributed by atoms with Crippen LogP contribution < -0.4 is 4.90 Å². The molecule has 0 saturated carbocycles. The van der Waals surface area contributed by atoms with E-state index < -0.39 is 5.41 Å². The van der Waals surface area contributed by atoms with Crippen LogP contribution in [0, 0.1) is 0 Å². The van der Waals surface area contributed by atoms with Crippen molar-refractivity contribution in [1.29, 1.82) is 0 Å². The van der Waals surface area contributed by atoms with E-state index in [0.29, 0.717) is 5.56 Å². The first-order valence-electron chi connectivity index (χ1n) is 21.4. The van der Waals surface area contributed by atoms with Crippen molar-refractivity contribution in [3.05, 3.63) is 234 Å². The van der Waals surface area contributed by atoms with Crippen LogP contribution in [0.2, 0.25) is 0 Å². The third-order valence-electron chi connectivity index (χ3n) is 12.0. The quantitative estimate of drug-likeness (QED) is 0.170. The highest BCUT2D eigenvalue weighted by Crippen LogP contribution is 2.64. The fourth-order valence-corrected chi connectivity index (χ4v) is 10.9. The predicted octanol–water partition coefficient (Wildman–Crippen LogP) is 15.2. The van der Waals surface area contributed by atoms with E-state index in [1.54, 1.807) is 11.3 Å². The number of anilines is 3. The molecule has 0 unspecified atom stereocenters. The molecule has 266 valence electrons. The van der Waals surface area contributed by atoms with E-state index in [-0.39, 0.29) is 35.4 Å². The lowest BCUT2D eigenvalue weighted by atomic mass is 9.70. The molecule has 12 rings (SSSR count). The summed E-state index contributed by atoms with van der Waals surface area (Å²) in [5, 5.41) is 2.48. The van der Waals surface area contributed by atoms with Gasteiger partial charge in [0.05, 0.1) is 16.6 Å². The summed E-state index contributed by atoms with van der Waals surface area (Å²) in [5.41, 5.74) is 13.5. The molecular weight excluding hydrogens is 707 g/mol. The standard InChI is InChI=1S/C55H35NS/c1-2-14-36(15-3-1)37-28-32-39(33-29-37)56(40-34-30-38(31-35-40)41-20-12-21-45-44-18-7-11-27-52(44)57-54(41)45)51-26-13-25-50-53(51)46-19-6-10-24-49(46)55(50)47-22-8-4-16-42(47)43-17-5-9-23-48(43)55/h1-35H/i28D,29D,32D,33D. The van der Waals surface area contributed by atoms with Gasteiger partial charge in [0.1, 0.15) is 0 Å². The molecule has 2 aliphatic rings. The van der Waals surface area contributed by atoms with Gasteiger partial charge in [0.25, 0.3) is 0 Å². The lowest BCUT2D eigenvalue weighted by Gasteiger charge is -2.32. The summed E-state index contributed by atoms with van der Waals surface area (Å²) in [4.78, 5) is 1.97.